The number of nitrogens with two attached hydrogens (primary N) is 1. The Kier molecular flexibility index (Phi) is 5.42. The fourth-order valence-electron chi connectivity index (χ4n) is 1.71. The van der Waals surface area contributed by atoms with Gasteiger partial charge in [-0.15, -0.1) is 0 Å². The maximum absolute atomic E-state index is 5.91. The van der Waals surface area contributed by atoms with E-state index in [2.05, 4.69) is 19.9 Å². The van der Waals surface area contributed by atoms with E-state index in [1.165, 1.54) is 5.56 Å². The standard InChI is InChI=1S/C14H21NOS/c1-4-10(3)11-8-6-7-9-13(11)16-12(5-2)14(15)17/h6-10,12H,4-5H2,1-3H3,(H2,15,17). The summed E-state index contributed by atoms with van der Waals surface area (Å²) in [6.45, 7) is 6.39. The average Bonchev–Trinajstić information content (AvgIpc) is 2.35. The molecule has 0 radical (unpaired) electrons. The Labute approximate surface area is 109 Å². The molecule has 0 amide bonds. The topological polar surface area (TPSA) is 35.2 Å². The van der Waals surface area contributed by atoms with E-state index in [4.69, 9.17) is 22.7 Å². The third-order valence-electron chi connectivity index (χ3n) is 3.02. The molecule has 1 aromatic rings. The second-order valence-corrected chi connectivity index (χ2v) is 4.74. The number of para-hydroxylation sites is 1. The molecule has 2 unspecified atom stereocenters. The van der Waals surface area contributed by atoms with Crippen molar-refractivity contribution in [2.75, 3.05) is 0 Å². The minimum Gasteiger partial charge on any atom is -0.483 e. The minimum absolute atomic E-state index is 0.171. The molecular formula is C14H21NOS. The van der Waals surface area contributed by atoms with Gasteiger partial charge in [-0.1, -0.05) is 51.2 Å². The summed E-state index contributed by atoms with van der Waals surface area (Å²) in [6.07, 6.45) is 1.71. The largest absolute Gasteiger partial charge is 0.483 e. The van der Waals surface area contributed by atoms with Crippen molar-refractivity contribution in [2.45, 2.75) is 45.6 Å². The van der Waals surface area contributed by atoms with Crippen molar-refractivity contribution < 1.29 is 4.74 Å². The molecule has 3 heteroatoms. The number of hydrogen-bond acceptors (Lipinski definition) is 2. The molecule has 0 aliphatic carbocycles. The van der Waals surface area contributed by atoms with Gasteiger partial charge in [0.25, 0.3) is 0 Å². The molecule has 0 aliphatic heterocycles. The molecule has 0 bridgehead atoms. The van der Waals surface area contributed by atoms with E-state index in [0.717, 1.165) is 18.6 Å². The third-order valence-corrected chi connectivity index (χ3v) is 3.28. The number of ether oxygens (including phenoxy) is 1. The normalized spacial score (nSPS) is 14.1. The Balaban J connectivity index is 2.93. The van der Waals surface area contributed by atoms with Gasteiger partial charge >= 0.3 is 0 Å². The van der Waals surface area contributed by atoms with Crippen LogP contribution in [-0.4, -0.2) is 11.1 Å². The highest BCUT2D eigenvalue weighted by molar-refractivity contribution is 7.80. The van der Waals surface area contributed by atoms with Crippen molar-refractivity contribution in [2.24, 2.45) is 5.73 Å². The van der Waals surface area contributed by atoms with E-state index < -0.39 is 0 Å². The summed E-state index contributed by atoms with van der Waals surface area (Å²) in [5, 5.41) is 0. The molecule has 0 saturated carbocycles. The van der Waals surface area contributed by atoms with Crippen LogP contribution in [0, 0.1) is 0 Å². The summed E-state index contributed by atoms with van der Waals surface area (Å²) in [7, 11) is 0. The van der Waals surface area contributed by atoms with E-state index in [1.54, 1.807) is 0 Å². The second kappa shape index (κ2) is 6.60. The van der Waals surface area contributed by atoms with Crippen LogP contribution in [0.5, 0.6) is 5.75 Å². The molecule has 0 aliphatic rings. The quantitative estimate of drug-likeness (QED) is 0.784. The summed E-state index contributed by atoms with van der Waals surface area (Å²) < 4.78 is 5.91. The van der Waals surface area contributed by atoms with Crippen LogP contribution in [0.3, 0.4) is 0 Å². The van der Waals surface area contributed by atoms with Crippen LogP contribution in [0.2, 0.25) is 0 Å². The highest BCUT2D eigenvalue weighted by Crippen LogP contribution is 2.29. The molecule has 0 heterocycles. The predicted octanol–water partition coefficient (Wildman–Crippen LogP) is 3.64. The molecular weight excluding hydrogens is 230 g/mol. The molecule has 1 aromatic carbocycles. The maximum atomic E-state index is 5.91. The van der Waals surface area contributed by atoms with Gasteiger partial charge in [0.15, 0.2) is 0 Å². The zero-order valence-electron chi connectivity index (χ0n) is 10.8. The highest BCUT2D eigenvalue weighted by atomic mass is 32.1. The first-order chi connectivity index (χ1) is 8.10. The van der Waals surface area contributed by atoms with E-state index in [9.17, 15) is 0 Å². The van der Waals surface area contributed by atoms with Gasteiger partial charge in [0.2, 0.25) is 0 Å². The van der Waals surface area contributed by atoms with Crippen LogP contribution >= 0.6 is 12.2 Å². The summed E-state index contributed by atoms with van der Waals surface area (Å²) in [5.41, 5.74) is 6.89. The number of thiocarbonyl (C=S) groups is 1. The Morgan fingerprint density at radius 2 is 1.94 bits per heavy atom. The van der Waals surface area contributed by atoms with Gasteiger partial charge in [-0.25, -0.2) is 0 Å². The SMILES string of the molecule is CCC(Oc1ccccc1C(C)CC)C(N)=S. The molecule has 0 saturated heterocycles. The summed E-state index contributed by atoms with van der Waals surface area (Å²) in [4.78, 5) is 0.423. The van der Waals surface area contributed by atoms with Crippen LogP contribution in [0.1, 0.15) is 45.1 Å². The number of rotatable bonds is 6. The molecule has 0 fully saturated rings. The summed E-state index contributed by atoms with van der Waals surface area (Å²) in [5.74, 6) is 1.39. The molecule has 2 nitrogen and oxygen atoms in total. The Bertz CT molecular complexity index is 378. The lowest BCUT2D eigenvalue weighted by atomic mass is 9.98. The fraction of sp³-hybridized carbons (Fsp3) is 0.500. The maximum Gasteiger partial charge on any atom is 0.148 e. The molecule has 2 atom stereocenters. The van der Waals surface area contributed by atoms with E-state index in [0.29, 0.717) is 10.9 Å². The first-order valence-electron chi connectivity index (χ1n) is 6.15. The van der Waals surface area contributed by atoms with Gasteiger partial charge in [0, 0.05) is 0 Å². The molecule has 17 heavy (non-hydrogen) atoms. The fourth-order valence-corrected chi connectivity index (χ4v) is 1.93. The Morgan fingerprint density at radius 1 is 1.29 bits per heavy atom. The van der Waals surface area contributed by atoms with Crippen molar-refractivity contribution in [3.63, 3.8) is 0 Å². The summed E-state index contributed by atoms with van der Waals surface area (Å²) >= 11 is 5.01. The molecule has 0 aromatic heterocycles. The lowest BCUT2D eigenvalue weighted by molar-refractivity contribution is 0.260. The van der Waals surface area contributed by atoms with Crippen LogP contribution in [0.25, 0.3) is 0 Å². The monoisotopic (exact) mass is 251 g/mol. The number of benzene rings is 1. The van der Waals surface area contributed by atoms with E-state index in [-0.39, 0.29) is 6.10 Å². The third kappa shape index (κ3) is 3.70. The minimum atomic E-state index is -0.171. The van der Waals surface area contributed by atoms with Gasteiger partial charge < -0.3 is 10.5 Å². The average molecular weight is 251 g/mol. The molecule has 94 valence electrons. The zero-order chi connectivity index (χ0) is 12.8. The second-order valence-electron chi connectivity index (χ2n) is 4.26. The van der Waals surface area contributed by atoms with Crippen molar-refractivity contribution >= 4 is 17.2 Å². The lowest BCUT2D eigenvalue weighted by Crippen LogP contribution is -2.31. The highest BCUT2D eigenvalue weighted by Gasteiger charge is 2.15. The van der Waals surface area contributed by atoms with Crippen molar-refractivity contribution in [1.82, 2.24) is 0 Å². The Hall–Kier alpha value is -1.09. The van der Waals surface area contributed by atoms with Gasteiger partial charge in [0.1, 0.15) is 16.8 Å². The van der Waals surface area contributed by atoms with Crippen LogP contribution in [0.15, 0.2) is 24.3 Å². The molecule has 1 rings (SSSR count). The van der Waals surface area contributed by atoms with Gasteiger partial charge in [-0.05, 0) is 30.4 Å². The van der Waals surface area contributed by atoms with Crippen molar-refractivity contribution in [3.05, 3.63) is 29.8 Å². The van der Waals surface area contributed by atoms with Crippen molar-refractivity contribution in [1.29, 1.82) is 0 Å². The zero-order valence-corrected chi connectivity index (χ0v) is 11.6. The molecule has 0 spiro atoms. The Morgan fingerprint density at radius 3 is 2.47 bits per heavy atom. The van der Waals surface area contributed by atoms with Crippen LogP contribution in [-0.2, 0) is 0 Å². The predicted molar refractivity (Wildman–Crippen MR) is 76.6 cm³/mol. The first kappa shape index (κ1) is 14.0. The first-order valence-corrected chi connectivity index (χ1v) is 6.55. The number of hydrogen-bond donors (Lipinski definition) is 1. The molecule has 2 N–H and O–H groups in total. The summed E-state index contributed by atoms with van der Waals surface area (Å²) in [6, 6.07) is 8.11. The van der Waals surface area contributed by atoms with Gasteiger partial charge in [-0.3, -0.25) is 0 Å². The van der Waals surface area contributed by atoms with Crippen LogP contribution in [0.4, 0.5) is 0 Å². The van der Waals surface area contributed by atoms with E-state index in [1.807, 2.05) is 25.1 Å². The van der Waals surface area contributed by atoms with Crippen LogP contribution < -0.4 is 10.5 Å². The lowest BCUT2D eigenvalue weighted by Gasteiger charge is -2.20. The van der Waals surface area contributed by atoms with Gasteiger partial charge in [0.05, 0.1) is 0 Å². The smallest absolute Gasteiger partial charge is 0.148 e. The van der Waals surface area contributed by atoms with E-state index >= 15 is 0 Å². The van der Waals surface area contributed by atoms with Gasteiger partial charge in [-0.2, -0.15) is 0 Å². The van der Waals surface area contributed by atoms with Crippen molar-refractivity contribution in [3.8, 4) is 5.75 Å².